The number of ether oxygens (including phenoxy) is 1. The van der Waals surface area contributed by atoms with E-state index in [-0.39, 0.29) is 6.10 Å². The molecule has 18 heavy (non-hydrogen) atoms. The minimum absolute atomic E-state index is 0.271. The van der Waals surface area contributed by atoms with Crippen molar-refractivity contribution in [3.05, 3.63) is 23.9 Å². The number of hydrogen-bond donors (Lipinski definition) is 1. The lowest BCUT2D eigenvalue weighted by atomic mass is 10.1. The van der Waals surface area contributed by atoms with Crippen LogP contribution >= 0.6 is 0 Å². The van der Waals surface area contributed by atoms with Crippen LogP contribution in [-0.2, 0) is 4.74 Å². The molecule has 2 rings (SSSR count). The van der Waals surface area contributed by atoms with Gasteiger partial charge in [0.2, 0.25) is 0 Å². The van der Waals surface area contributed by atoms with Crippen LogP contribution in [0.3, 0.4) is 0 Å². The molecule has 2 atom stereocenters. The molecule has 1 N–H and O–H groups in total. The van der Waals surface area contributed by atoms with Gasteiger partial charge in [0.15, 0.2) is 0 Å². The lowest BCUT2D eigenvalue weighted by Crippen LogP contribution is -2.32. The zero-order valence-electron chi connectivity index (χ0n) is 11.5. The minimum atomic E-state index is 0.271. The molecule has 0 bridgehead atoms. The van der Waals surface area contributed by atoms with Gasteiger partial charge in [-0.1, -0.05) is 6.07 Å². The molecule has 0 spiro atoms. The van der Waals surface area contributed by atoms with E-state index in [9.17, 15) is 0 Å². The zero-order chi connectivity index (χ0) is 13.0. The summed E-state index contributed by atoms with van der Waals surface area (Å²) in [5.74, 6) is 1.09. The monoisotopic (exact) mass is 249 g/mol. The lowest BCUT2D eigenvalue weighted by Gasteiger charge is -2.27. The van der Waals surface area contributed by atoms with Gasteiger partial charge in [0.25, 0.3) is 0 Å². The van der Waals surface area contributed by atoms with Gasteiger partial charge in [-0.05, 0) is 33.4 Å². The third kappa shape index (κ3) is 3.00. The average molecular weight is 249 g/mol. The SMILES string of the molecule is CNC(C)c1cccnc1N1CCCOC(C)C1. The summed E-state index contributed by atoms with van der Waals surface area (Å²) in [5, 5.41) is 3.29. The molecule has 4 nitrogen and oxygen atoms in total. The van der Waals surface area contributed by atoms with Crippen molar-refractivity contribution >= 4 is 5.82 Å². The van der Waals surface area contributed by atoms with Crippen molar-refractivity contribution in [3.63, 3.8) is 0 Å². The second-order valence-corrected chi connectivity index (χ2v) is 4.91. The average Bonchev–Trinajstić information content (AvgIpc) is 2.62. The van der Waals surface area contributed by atoms with Gasteiger partial charge < -0.3 is 15.0 Å². The molecular weight excluding hydrogens is 226 g/mol. The van der Waals surface area contributed by atoms with Gasteiger partial charge in [-0.3, -0.25) is 0 Å². The molecule has 0 radical (unpaired) electrons. The van der Waals surface area contributed by atoms with Crippen LogP contribution in [-0.4, -0.2) is 37.8 Å². The third-order valence-corrected chi connectivity index (χ3v) is 3.47. The summed E-state index contributed by atoms with van der Waals surface area (Å²) in [6.07, 6.45) is 3.21. The van der Waals surface area contributed by atoms with Gasteiger partial charge in [-0.25, -0.2) is 4.98 Å². The first-order chi connectivity index (χ1) is 8.72. The first-order valence-corrected chi connectivity index (χ1v) is 6.71. The normalized spacial score (nSPS) is 22.6. The largest absolute Gasteiger partial charge is 0.377 e. The highest BCUT2D eigenvalue weighted by Gasteiger charge is 2.20. The van der Waals surface area contributed by atoms with E-state index in [1.807, 2.05) is 19.3 Å². The highest BCUT2D eigenvalue weighted by Crippen LogP contribution is 2.25. The Hall–Kier alpha value is -1.13. The van der Waals surface area contributed by atoms with Crippen LogP contribution in [0.1, 0.15) is 31.9 Å². The molecule has 100 valence electrons. The summed E-state index contributed by atoms with van der Waals surface area (Å²) in [7, 11) is 1.98. The van der Waals surface area contributed by atoms with Gasteiger partial charge >= 0.3 is 0 Å². The number of nitrogens with zero attached hydrogens (tertiary/aromatic N) is 2. The number of rotatable bonds is 3. The van der Waals surface area contributed by atoms with Crippen LogP contribution in [0.2, 0.25) is 0 Å². The topological polar surface area (TPSA) is 37.4 Å². The number of aromatic nitrogens is 1. The Kier molecular flexibility index (Phi) is 4.55. The van der Waals surface area contributed by atoms with E-state index >= 15 is 0 Å². The van der Waals surface area contributed by atoms with Gasteiger partial charge in [-0.2, -0.15) is 0 Å². The Morgan fingerprint density at radius 2 is 2.39 bits per heavy atom. The molecule has 1 aromatic rings. The fourth-order valence-corrected chi connectivity index (χ4v) is 2.35. The van der Waals surface area contributed by atoms with Crippen LogP contribution in [0.15, 0.2) is 18.3 Å². The van der Waals surface area contributed by atoms with Crippen molar-refractivity contribution in [3.8, 4) is 0 Å². The molecule has 2 heterocycles. The smallest absolute Gasteiger partial charge is 0.133 e. The Bertz CT molecular complexity index is 383. The summed E-state index contributed by atoms with van der Waals surface area (Å²) >= 11 is 0. The Balaban J connectivity index is 2.25. The zero-order valence-corrected chi connectivity index (χ0v) is 11.5. The highest BCUT2D eigenvalue weighted by atomic mass is 16.5. The first-order valence-electron chi connectivity index (χ1n) is 6.71. The van der Waals surface area contributed by atoms with E-state index in [1.54, 1.807) is 0 Å². The maximum absolute atomic E-state index is 5.70. The predicted octanol–water partition coefficient (Wildman–Crippen LogP) is 1.98. The van der Waals surface area contributed by atoms with Gasteiger partial charge in [0, 0.05) is 37.5 Å². The minimum Gasteiger partial charge on any atom is -0.377 e. The molecule has 1 saturated heterocycles. The number of hydrogen-bond acceptors (Lipinski definition) is 4. The molecule has 1 aliphatic heterocycles. The fourth-order valence-electron chi connectivity index (χ4n) is 2.35. The van der Waals surface area contributed by atoms with E-state index in [0.29, 0.717) is 6.04 Å². The quantitative estimate of drug-likeness (QED) is 0.889. The fraction of sp³-hybridized carbons (Fsp3) is 0.643. The number of anilines is 1. The molecule has 4 heteroatoms. The lowest BCUT2D eigenvalue weighted by molar-refractivity contribution is 0.0820. The van der Waals surface area contributed by atoms with Crippen molar-refractivity contribution in [2.24, 2.45) is 0 Å². The van der Waals surface area contributed by atoms with Crippen molar-refractivity contribution < 1.29 is 4.74 Å². The Morgan fingerprint density at radius 1 is 1.56 bits per heavy atom. The summed E-state index contributed by atoms with van der Waals surface area (Å²) in [6.45, 7) is 7.08. The molecule has 2 unspecified atom stereocenters. The second kappa shape index (κ2) is 6.16. The molecule has 0 amide bonds. The van der Waals surface area contributed by atoms with Crippen molar-refractivity contribution in [1.82, 2.24) is 10.3 Å². The van der Waals surface area contributed by atoms with Gasteiger partial charge in [0.1, 0.15) is 5.82 Å². The third-order valence-electron chi connectivity index (χ3n) is 3.47. The van der Waals surface area contributed by atoms with E-state index in [0.717, 1.165) is 31.9 Å². The Labute approximate surface area is 109 Å². The summed E-state index contributed by atoms with van der Waals surface area (Å²) in [6, 6.07) is 4.47. The highest BCUT2D eigenvalue weighted by molar-refractivity contribution is 5.48. The number of pyridine rings is 1. The molecule has 1 aliphatic rings. The van der Waals surface area contributed by atoms with Crippen LogP contribution in [0.4, 0.5) is 5.82 Å². The van der Waals surface area contributed by atoms with Crippen molar-refractivity contribution in [2.75, 3.05) is 31.6 Å². The molecule has 0 aromatic carbocycles. The Morgan fingerprint density at radius 3 is 3.17 bits per heavy atom. The van der Waals surface area contributed by atoms with E-state index in [1.165, 1.54) is 5.56 Å². The van der Waals surface area contributed by atoms with E-state index < -0.39 is 0 Å². The van der Waals surface area contributed by atoms with Gasteiger partial charge in [-0.15, -0.1) is 0 Å². The molecule has 0 aliphatic carbocycles. The van der Waals surface area contributed by atoms with Crippen LogP contribution < -0.4 is 10.2 Å². The molecule has 1 aromatic heterocycles. The van der Waals surface area contributed by atoms with Gasteiger partial charge in [0.05, 0.1) is 6.10 Å². The molecular formula is C14H23N3O. The first kappa shape index (κ1) is 13.3. The summed E-state index contributed by atoms with van der Waals surface area (Å²) < 4.78 is 5.70. The summed E-state index contributed by atoms with van der Waals surface area (Å²) in [4.78, 5) is 6.93. The van der Waals surface area contributed by atoms with Crippen molar-refractivity contribution in [2.45, 2.75) is 32.4 Å². The van der Waals surface area contributed by atoms with Crippen LogP contribution in [0.25, 0.3) is 0 Å². The standard InChI is InChI=1S/C14H23N3O/c1-11-10-17(8-5-9-18-11)14-13(12(2)15-3)6-4-7-16-14/h4,6-7,11-12,15H,5,8-10H2,1-3H3. The van der Waals surface area contributed by atoms with E-state index in [4.69, 9.17) is 4.74 Å². The van der Waals surface area contributed by atoms with E-state index in [2.05, 4.69) is 35.1 Å². The maximum atomic E-state index is 5.70. The number of nitrogens with one attached hydrogen (secondary N) is 1. The van der Waals surface area contributed by atoms with Crippen molar-refractivity contribution in [1.29, 1.82) is 0 Å². The molecule has 1 fully saturated rings. The van der Waals surface area contributed by atoms with Crippen LogP contribution in [0, 0.1) is 0 Å². The summed E-state index contributed by atoms with van der Waals surface area (Å²) in [5.41, 5.74) is 1.26. The van der Waals surface area contributed by atoms with Crippen LogP contribution in [0.5, 0.6) is 0 Å². The molecule has 0 saturated carbocycles. The second-order valence-electron chi connectivity index (χ2n) is 4.91. The maximum Gasteiger partial charge on any atom is 0.133 e. The predicted molar refractivity (Wildman–Crippen MR) is 74.0 cm³/mol.